The number of carbonyl (C=O) groups excluding carboxylic acids is 1. The molecular formula is C14H17NO3S2. The molecule has 6 heteroatoms. The van der Waals surface area contributed by atoms with Crippen molar-refractivity contribution >= 4 is 35.0 Å². The Morgan fingerprint density at radius 3 is 2.85 bits per heavy atom. The van der Waals surface area contributed by atoms with Crippen LogP contribution in [0.4, 0.5) is 0 Å². The number of aromatic carboxylic acids is 1. The van der Waals surface area contributed by atoms with Crippen molar-refractivity contribution in [3.63, 3.8) is 0 Å². The van der Waals surface area contributed by atoms with Gasteiger partial charge in [-0.3, -0.25) is 4.79 Å². The molecule has 20 heavy (non-hydrogen) atoms. The summed E-state index contributed by atoms with van der Waals surface area (Å²) in [4.78, 5) is 26.0. The van der Waals surface area contributed by atoms with Crippen molar-refractivity contribution < 1.29 is 14.7 Å². The number of hydrogen-bond donors (Lipinski definition) is 1. The molecule has 0 unspecified atom stereocenters. The average molecular weight is 311 g/mol. The summed E-state index contributed by atoms with van der Waals surface area (Å²) in [6.07, 6.45) is 5.29. The highest BCUT2D eigenvalue weighted by molar-refractivity contribution is 8.00. The third kappa shape index (κ3) is 3.64. The van der Waals surface area contributed by atoms with E-state index in [4.69, 9.17) is 5.11 Å². The molecule has 1 N–H and O–H groups in total. The predicted octanol–water partition coefficient (Wildman–Crippen LogP) is 3.45. The van der Waals surface area contributed by atoms with Gasteiger partial charge in [-0.05, 0) is 32.3 Å². The molecule has 1 amide bonds. The molecule has 1 aromatic heterocycles. The van der Waals surface area contributed by atoms with Crippen molar-refractivity contribution in [2.45, 2.75) is 31.1 Å². The summed E-state index contributed by atoms with van der Waals surface area (Å²) < 4.78 is 0. The van der Waals surface area contributed by atoms with E-state index in [-0.39, 0.29) is 5.91 Å². The number of thioether (sulfide) groups is 1. The quantitative estimate of drug-likeness (QED) is 0.817. The largest absolute Gasteiger partial charge is 0.477 e. The Morgan fingerprint density at radius 2 is 2.30 bits per heavy atom. The first-order valence-electron chi connectivity index (χ1n) is 6.56. The van der Waals surface area contributed by atoms with Gasteiger partial charge in [0, 0.05) is 22.5 Å². The van der Waals surface area contributed by atoms with E-state index < -0.39 is 5.97 Å². The minimum absolute atomic E-state index is 0.0914. The number of carboxylic acid groups (broad SMARTS) is 1. The Balaban J connectivity index is 1.91. The van der Waals surface area contributed by atoms with E-state index in [2.05, 4.69) is 6.08 Å². The molecule has 4 nitrogen and oxygen atoms in total. The normalized spacial score (nSPS) is 14.2. The molecule has 108 valence electrons. The summed E-state index contributed by atoms with van der Waals surface area (Å²) in [5.74, 6) is -0.478. The Bertz CT molecular complexity index is 536. The van der Waals surface area contributed by atoms with E-state index >= 15 is 0 Å². The van der Waals surface area contributed by atoms with Crippen molar-refractivity contribution in [3.05, 3.63) is 28.1 Å². The number of thiophene rings is 1. The Hall–Kier alpha value is -1.27. The summed E-state index contributed by atoms with van der Waals surface area (Å²) >= 11 is 2.59. The van der Waals surface area contributed by atoms with Gasteiger partial charge in [0.2, 0.25) is 5.91 Å². The second kappa shape index (κ2) is 6.95. The van der Waals surface area contributed by atoms with Gasteiger partial charge >= 0.3 is 5.97 Å². The Morgan fingerprint density at radius 1 is 1.50 bits per heavy atom. The van der Waals surface area contributed by atoms with Crippen LogP contribution in [0.25, 0.3) is 0 Å². The van der Waals surface area contributed by atoms with Crippen LogP contribution in [0.3, 0.4) is 0 Å². The van der Waals surface area contributed by atoms with Crippen LogP contribution in [0.5, 0.6) is 0 Å². The van der Waals surface area contributed by atoms with E-state index in [9.17, 15) is 9.59 Å². The fraction of sp³-hybridized carbons (Fsp3) is 0.429. The highest BCUT2D eigenvalue weighted by Gasteiger charge is 2.19. The fourth-order valence-electron chi connectivity index (χ4n) is 2.17. The number of carboxylic acids is 1. The van der Waals surface area contributed by atoms with Gasteiger partial charge in [-0.25, -0.2) is 4.79 Å². The molecule has 0 aliphatic heterocycles. The number of rotatable bonds is 6. The summed E-state index contributed by atoms with van der Waals surface area (Å²) in [5.41, 5.74) is 1.13. The summed E-state index contributed by atoms with van der Waals surface area (Å²) in [6.45, 7) is 2.67. The molecule has 1 aliphatic rings. The predicted molar refractivity (Wildman–Crippen MR) is 81.3 cm³/mol. The molecule has 0 bridgehead atoms. The zero-order valence-electron chi connectivity index (χ0n) is 11.3. The zero-order valence-corrected chi connectivity index (χ0v) is 12.9. The molecular weight excluding hydrogens is 294 g/mol. The first-order chi connectivity index (χ1) is 9.61. The van der Waals surface area contributed by atoms with Crippen molar-refractivity contribution in [3.8, 4) is 0 Å². The van der Waals surface area contributed by atoms with Crippen LogP contribution in [0, 0.1) is 0 Å². The number of carbonyl (C=O) groups is 2. The van der Waals surface area contributed by atoms with E-state index in [0.717, 1.165) is 29.9 Å². The number of nitrogens with zero attached hydrogens (tertiary/aromatic N) is 1. The number of allylic oxidation sites excluding steroid dienone is 2. The highest BCUT2D eigenvalue weighted by atomic mass is 32.2. The molecule has 0 saturated carbocycles. The summed E-state index contributed by atoms with van der Waals surface area (Å²) in [6, 6.07) is 1.62. The second-order valence-corrected chi connectivity index (χ2v) is 6.43. The van der Waals surface area contributed by atoms with Crippen LogP contribution >= 0.6 is 23.1 Å². The van der Waals surface area contributed by atoms with Gasteiger partial charge in [0.25, 0.3) is 0 Å². The monoisotopic (exact) mass is 311 g/mol. The van der Waals surface area contributed by atoms with E-state index in [1.165, 1.54) is 23.1 Å². The zero-order chi connectivity index (χ0) is 14.5. The van der Waals surface area contributed by atoms with Crippen LogP contribution in [0.2, 0.25) is 0 Å². The maximum Gasteiger partial charge on any atom is 0.345 e. The molecule has 0 atom stereocenters. The highest BCUT2D eigenvalue weighted by Crippen LogP contribution is 2.27. The second-order valence-electron chi connectivity index (χ2n) is 4.47. The summed E-state index contributed by atoms with van der Waals surface area (Å²) in [5, 5.41) is 10.6. The molecule has 2 rings (SSSR count). The first-order valence-corrected chi connectivity index (χ1v) is 8.42. The SMILES string of the molecule is CCN(C(=O)CSc1csc(C(=O)O)c1)C1=CCCC1. The molecule has 0 spiro atoms. The van der Waals surface area contributed by atoms with Crippen LogP contribution in [0.15, 0.2) is 28.1 Å². The van der Waals surface area contributed by atoms with Gasteiger partial charge in [0.15, 0.2) is 0 Å². The average Bonchev–Trinajstić information content (AvgIpc) is 3.08. The standard InChI is InChI=1S/C14H17NO3S2/c1-2-15(10-5-3-4-6-10)13(16)9-19-11-7-12(14(17)18)20-8-11/h5,7-8H,2-4,6,9H2,1H3,(H,17,18). The summed E-state index contributed by atoms with van der Waals surface area (Å²) in [7, 11) is 0. The third-order valence-electron chi connectivity index (χ3n) is 3.13. The Kier molecular flexibility index (Phi) is 5.25. The maximum atomic E-state index is 12.2. The lowest BCUT2D eigenvalue weighted by Gasteiger charge is -2.22. The molecule has 0 saturated heterocycles. The lowest BCUT2D eigenvalue weighted by atomic mass is 10.3. The van der Waals surface area contributed by atoms with Crippen LogP contribution in [-0.4, -0.2) is 34.2 Å². The maximum absolute atomic E-state index is 12.2. The van der Waals surface area contributed by atoms with Gasteiger partial charge in [-0.1, -0.05) is 6.08 Å². The van der Waals surface area contributed by atoms with Gasteiger partial charge in [0.1, 0.15) is 4.88 Å². The van der Waals surface area contributed by atoms with Crippen molar-refractivity contribution in [1.29, 1.82) is 0 Å². The van der Waals surface area contributed by atoms with Gasteiger partial charge < -0.3 is 10.0 Å². The lowest BCUT2D eigenvalue weighted by Crippen LogP contribution is -2.31. The van der Waals surface area contributed by atoms with Crippen molar-refractivity contribution in [2.75, 3.05) is 12.3 Å². The van der Waals surface area contributed by atoms with Crippen molar-refractivity contribution in [1.82, 2.24) is 4.90 Å². The molecule has 1 aliphatic carbocycles. The molecule has 0 fully saturated rings. The van der Waals surface area contributed by atoms with Gasteiger partial charge in [0.05, 0.1) is 5.75 Å². The van der Waals surface area contributed by atoms with Gasteiger partial charge in [-0.15, -0.1) is 23.1 Å². The van der Waals surface area contributed by atoms with E-state index in [0.29, 0.717) is 17.2 Å². The Labute approximate surface area is 126 Å². The molecule has 1 heterocycles. The van der Waals surface area contributed by atoms with Crippen molar-refractivity contribution in [2.24, 2.45) is 0 Å². The van der Waals surface area contributed by atoms with Crippen LogP contribution in [-0.2, 0) is 4.79 Å². The van der Waals surface area contributed by atoms with Crippen LogP contribution < -0.4 is 0 Å². The molecule has 1 aromatic rings. The topological polar surface area (TPSA) is 57.6 Å². The number of amides is 1. The first kappa shape index (κ1) is 15.1. The third-order valence-corrected chi connectivity index (χ3v) is 5.16. The minimum atomic E-state index is -0.917. The smallest absolute Gasteiger partial charge is 0.345 e. The van der Waals surface area contributed by atoms with Gasteiger partial charge in [-0.2, -0.15) is 0 Å². The molecule has 0 aromatic carbocycles. The van der Waals surface area contributed by atoms with Crippen LogP contribution in [0.1, 0.15) is 35.9 Å². The van der Waals surface area contributed by atoms with E-state index in [1.54, 1.807) is 11.4 Å². The minimum Gasteiger partial charge on any atom is -0.477 e. The fourth-order valence-corrected chi connectivity index (χ4v) is 3.91. The molecule has 0 radical (unpaired) electrons. The van der Waals surface area contributed by atoms with E-state index in [1.807, 2.05) is 11.8 Å². The number of hydrogen-bond acceptors (Lipinski definition) is 4. The lowest BCUT2D eigenvalue weighted by molar-refractivity contribution is -0.126.